The molecule has 20 heavy (non-hydrogen) atoms. The van der Waals surface area contributed by atoms with Crippen LogP contribution in [0.1, 0.15) is 30.9 Å². The fourth-order valence-corrected chi connectivity index (χ4v) is 3.12. The number of nitrogens with zero attached hydrogens (tertiary/aromatic N) is 2. The lowest BCUT2D eigenvalue weighted by Gasteiger charge is -2.40. The van der Waals surface area contributed by atoms with Gasteiger partial charge in [0.05, 0.1) is 0 Å². The van der Waals surface area contributed by atoms with Gasteiger partial charge in [0.15, 0.2) is 0 Å². The lowest BCUT2D eigenvalue weighted by molar-refractivity contribution is 0.275. The highest BCUT2D eigenvalue weighted by Crippen LogP contribution is 2.24. The molecule has 110 valence electrons. The third kappa shape index (κ3) is 3.15. The van der Waals surface area contributed by atoms with Gasteiger partial charge in [-0.3, -0.25) is 0 Å². The van der Waals surface area contributed by atoms with E-state index in [1.807, 2.05) is 0 Å². The Hall–Kier alpha value is -1.06. The number of rotatable bonds is 4. The van der Waals surface area contributed by atoms with E-state index in [9.17, 15) is 0 Å². The van der Waals surface area contributed by atoms with Gasteiger partial charge in [0.25, 0.3) is 0 Å². The molecule has 2 aliphatic rings. The summed E-state index contributed by atoms with van der Waals surface area (Å²) < 4.78 is 0. The fraction of sp³-hybridized carbons (Fsp3) is 0.647. The third-order valence-corrected chi connectivity index (χ3v) is 4.65. The van der Waals surface area contributed by atoms with Crippen LogP contribution in [0.25, 0.3) is 0 Å². The molecule has 0 aromatic heterocycles. The summed E-state index contributed by atoms with van der Waals surface area (Å²) in [6.45, 7) is 9.05. The summed E-state index contributed by atoms with van der Waals surface area (Å²) in [5.74, 6) is 0. The van der Waals surface area contributed by atoms with E-state index in [1.165, 1.54) is 29.7 Å². The molecule has 1 N–H and O–H groups in total. The number of hydrogen-bond acceptors (Lipinski definition) is 3. The number of aryl methyl sites for hydroxylation is 1. The summed E-state index contributed by atoms with van der Waals surface area (Å²) >= 11 is 0. The highest BCUT2D eigenvalue weighted by Gasteiger charge is 2.22. The maximum atomic E-state index is 3.61. The first-order valence-corrected chi connectivity index (χ1v) is 7.91. The lowest BCUT2D eigenvalue weighted by atomic mass is 10.1. The summed E-state index contributed by atoms with van der Waals surface area (Å²) in [6, 6.07) is 8.37. The van der Waals surface area contributed by atoms with Gasteiger partial charge in [-0.25, -0.2) is 0 Å². The molecule has 3 rings (SSSR count). The molecule has 1 atom stereocenters. The first kappa shape index (κ1) is 13.9. The SMILES string of the molecule is Cc1cc(N2CCN(C)CC2C)ccc1CNC1CC1. The van der Waals surface area contributed by atoms with E-state index in [0.717, 1.165) is 32.2 Å². The van der Waals surface area contributed by atoms with Gasteiger partial charge in [-0.15, -0.1) is 0 Å². The Morgan fingerprint density at radius 3 is 2.70 bits per heavy atom. The van der Waals surface area contributed by atoms with Crippen LogP contribution in [0, 0.1) is 6.92 Å². The summed E-state index contributed by atoms with van der Waals surface area (Å²) in [4.78, 5) is 4.97. The van der Waals surface area contributed by atoms with Crippen LogP contribution in [0.4, 0.5) is 5.69 Å². The predicted molar refractivity (Wildman–Crippen MR) is 85.3 cm³/mol. The van der Waals surface area contributed by atoms with Gasteiger partial charge >= 0.3 is 0 Å². The quantitative estimate of drug-likeness (QED) is 0.909. The number of likely N-dealkylation sites (N-methyl/N-ethyl adjacent to an activating group) is 1. The van der Waals surface area contributed by atoms with Gasteiger partial charge in [0.1, 0.15) is 0 Å². The van der Waals surface area contributed by atoms with E-state index in [2.05, 4.69) is 54.2 Å². The van der Waals surface area contributed by atoms with Crippen molar-refractivity contribution in [3.05, 3.63) is 29.3 Å². The molecule has 1 unspecified atom stereocenters. The Labute approximate surface area is 123 Å². The second-order valence-electron chi connectivity index (χ2n) is 6.57. The number of nitrogens with one attached hydrogen (secondary N) is 1. The minimum atomic E-state index is 0.601. The number of piperazine rings is 1. The number of benzene rings is 1. The molecule has 1 saturated carbocycles. The van der Waals surface area contributed by atoms with Crippen molar-refractivity contribution in [2.45, 2.75) is 45.3 Å². The largest absolute Gasteiger partial charge is 0.366 e. The van der Waals surface area contributed by atoms with Gasteiger partial charge < -0.3 is 15.1 Å². The molecule has 1 aliphatic heterocycles. The molecule has 0 radical (unpaired) electrons. The second kappa shape index (κ2) is 5.74. The molecule has 1 heterocycles. The van der Waals surface area contributed by atoms with E-state index < -0.39 is 0 Å². The Bertz CT molecular complexity index is 467. The molecule has 2 fully saturated rings. The minimum absolute atomic E-state index is 0.601. The lowest BCUT2D eigenvalue weighted by Crippen LogP contribution is -2.50. The van der Waals surface area contributed by atoms with Crippen LogP contribution in [-0.2, 0) is 6.54 Å². The Balaban J connectivity index is 1.68. The standard InChI is InChI=1S/C17H27N3/c1-13-10-17(20-9-8-19(3)12-14(20)2)7-4-15(13)11-18-16-5-6-16/h4,7,10,14,16,18H,5-6,8-9,11-12H2,1-3H3. The van der Waals surface area contributed by atoms with Crippen molar-refractivity contribution < 1.29 is 0 Å². The van der Waals surface area contributed by atoms with Crippen LogP contribution in [0.5, 0.6) is 0 Å². The predicted octanol–water partition coefficient (Wildman–Crippen LogP) is 2.39. The summed E-state index contributed by atoms with van der Waals surface area (Å²) in [7, 11) is 2.21. The van der Waals surface area contributed by atoms with Crippen LogP contribution in [0.15, 0.2) is 18.2 Å². The summed E-state index contributed by atoms with van der Waals surface area (Å²) in [6.07, 6.45) is 2.71. The van der Waals surface area contributed by atoms with Gasteiger partial charge in [0, 0.05) is 44.0 Å². The van der Waals surface area contributed by atoms with Crippen molar-refractivity contribution in [2.75, 3.05) is 31.6 Å². The van der Waals surface area contributed by atoms with E-state index >= 15 is 0 Å². The zero-order valence-corrected chi connectivity index (χ0v) is 13.0. The van der Waals surface area contributed by atoms with Crippen molar-refractivity contribution in [1.29, 1.82) is 0 Å². The Morgan fingerprint density at radius 1 is 1.25 bits per heavy atom. The average Bonchev–Trinajstić information content (AvgIpc) is 3.21. The first-order valence-electron chi connectivity index (χ1n) is 7.91. The van der Waals surface area contributed by atoms with Gasteiger partial charge in [0.2, 0.25) is 0 Å². The van der Waals surface area contributed by atoms with Crippen molar-refractivity contribution in [2.24, 2.45) is 0 Å². The molecule has 1 saturated heterocycles. The van der Waals surface area contributed by atoms with E-state index in [-0.39, 0.29) is 0 Å². The van der Waals surface area contributed by atoms with Crippen LogP contribution in [0.3, 0.4) is 0 Å². The van der Waals surface area contributed by atoms with Crippen LogP contribution in [0.2, 0.25) is 0 Å². The van der Waals surface area contributed by atoms with Crippen LogP contribution in [-0.4, -0.2) is 43.7 Å². The summed E-state index contributed by atoms with van der Waals surface area (Å²) in [5, 5.41) is 3.61. The van der Waals surface area contributed by atoms with Gasteiger partial charge in [-0.05, 0) is 57.0 Å². The van der Waals surface area contributed by atoms with E-state index in [0.29, 0.717) is 6.04 Å². The molecule has 1 aromatic rings. The molecule has 3 nitrogen and oxygen atoms in total. The molecule has 0 spiro atoms. The minimum Gasteiger partial charge on any atom is -0.366 e. The normalized spacial score (nSPS) is 24.1. The average molecular weight is 273 g/mol. The maximum Gasteiger partial charge on any atom is 0.0389 e. The molecule has 0 amide bonds. The Kier molecular flexibility index (Phi) is 3.99. The first-order chi connectivity index (χ1) is 9.63. The highest BCUT2D eigenvalue weighted by molar-refractivity contribution is 5.52. The Morgan fingerprint density at radius 2 is 2.05 bits per heavy atom. The maximum absolute atomic E-state index is 3.61. The topological polar surface area (TPSA) is 18.5 Å². The second-order valence-corrected chi connectivity index (χ2v) is 6.57. The molecule has 1 aliphatic carbocycles. The number of hydrogen-bond donors (Lipinski definition) is 1. The zero-order chi connectivity index (χ0) is 14.1. The van der Waals surface area contributed by atoms with Gasteiger partial charge in [-0.1, -0.05) is 6.07 Å². The summed E-state index contributed by atoms with van der Waals surface area (Å²) in [5.41, 5.74) is 4.25. The number of anilines is 1. The monoisotopic (exact) mass is 273 g/mol. The van der Waals surface area contributed by atoms with Crippen LogP contribution >= 0.6 is 0 Å². The third-order valence-electron chi connectivity index (χ3n) is 4.65. The van der Waals surface area contributed by atoms with Crippen LogP contribution < -0.4 is 10.2 Å². The smallest absolute Gasteiger partial charge is 0.0389 e. The van der Waals surface area contributed by atoms with E-state index in [4.69, 9.17) is 0 Å². The van der Waals surface area contributed by atoms with Crippen molar-refractivity contribution in [3.63, 3.8) is 0 Å². The van der Waals surface area contributed by atoms with E-state index in [1.54, 1.807) is 0 Å². The zero-order valence-electron chi connectivity index (χ0n) is 13.0. The molecule has 3 heteroatoms. The van der Waals surface area contributed by atoms with Crippen molar-refractivity contribution in [3.8, 4) is 0 Å². The van der Waals surface area contributed by atoms with Gasteiger partial charge in [-0.2, -0.15) is 0 Å². The fourth-order valence-electron chi connectivity index (χ4n) is 3.12. The van der Waals surface area contributed by atoms with Crippen molar-refractivity contribution >= 4 is 5.69 Å². The van der Waals surface area contributed by atoms with Crippen molar-refractivity contribution in [1.82, 2.24) is 10.2 Å². The molecular weight excluding hydrogens is 246 g/mol. The molecule has 1 aromatic carbocycles. The molecular formula is C17H27N3. The highest BCUT2D eigenvalue weighted by atomic mass is 15.3. The molecule has 0 bridgehead atoms.